The van der Waals surface area contributed by atoms with Gasteiger partial charge in [-0.05, 0) is 45.1 Å². The van der Waals surface area contributed by atoms with Crippen LogP contribution in [0.4, 0.5) is 0 Å². The first-order chi connectivity index (χ1) is 6.65. The Kier molecular flexibility index (Phi) is 4.85. The molecule has 3 N–H and O–H groups in total. The van der Waals surface area contributed by atoms with Crippen LogP contribution in [0, 0.1) is 11.8 Å². The highest BCUT2D eigenvalue weighted by atomic mass is 16.3. The molecule has 4 unspecified atom stereocenters. The molecule has 4 atom stereocenters. The summed E-state index contributed by atoms with van der Waals surface area (Å²) in [7, 11) is 0. The van der Waals surface area contributed by atoms with Gasteiger partial charge >= 0.3 is 0 Å². The van der Waals surface area contributed by atoms with Crippen molar-refractivity contribution in [1.29, 1.82) is 0 Å². The van der Waals surface area contributed by atoms with E-state index in [0.29, 0.717) is 18.4 Å². The second kappa shape index (κ2) is 5.69. The Morgan fingerprint density at radius 1 is 1.29 bits per heavy atom. The second-order valence-corrected chi connectivity index (χ2v) is 4.57. The van der Waals surface area contributed by atoms with Crippen LogP contribution in [0.1, 0.15) is 33.1 Å². The largest absolute Gasteiger partial charge is 0.396 e. The lowest BCUT2D eigenvalue weighted by atomic mass is 9.96. The summed E-state index contributed by atoms with van der Waals surface area (Å²) in [5, 5.41) is 21.8. The molecular formula is C11H23NO2. The first kappa shape index (κ1) is 12.0. The molecular weight excluding hydrogens is 178 g/mol. The summed E-state index contributed by atoms with van der Waals surface area (Å²) in [6, 6.07) is 0.148. The standard InChI is InChI=1S/C11H23NO2/c1-8(9(2)14)12-6-10-4-3-5-11(10)7-13/h8-14H,3-7H2,1-2H3. The molecule has 1 fully saturated rings. The molecule has 0 amide bonds. The fourth-order valence-electron chi connectivity index (χ4n) is 2.13. The van der Waals surface area contributed by atoms with Crippen LogP contribution in [0.5, 0.6) is 0 Å². The third-order valence-electron chi connectivity index (χ3n) is 3.48. The molecule has 0 heterocycles. The number of hydrogen-bond donors (Lipinski definition) is 3. The third-order valence-corrected chi connectivity index (χ3v) is 3.48. The average Bonchev–Trinajstić information content (AvgIpc) is 2.60. The fourth-order valence-corrected chi connectivity index (χ4v) is 2.13. The van der Waals surface area contributed by atoms with Gasteiger partial charge in [0.1, 0.15) is 0 Å². The lowest BCUT2D eigenvalue weighted by Crippen LogP contribution is -2.39. The van der Waals surface area contributed by atoms with Crippen molar-refractivity contribution in [3.8, 4) is 0 Å². The summed E-state index contributed by atoms with van der Waals surface area (Å²) in [6.45, 7) is 5.04. The molecule has 3 heteroatoms. The Balaban J connectivity index is 2.23. The maximum absolute atomic E-state index is 9.31. The molecule has 0 aromatic carbocycles. The molecule has 0 bridgehead atoms. The van der Waals surface area contributed by atoms with Crippen molar-refractivity contribution >= 4 is 0 Å². The van der Waals surface area contributed by atoms with Crippen molar-refractivity contribution in [2.75, 3.05) is 13.2 Å². The Bertz CT molecular complexity index is 161. The van der Waals surface area contributed by atoms with E-state index in [0.717, 1.165) is 13.0 Å². The summed E-state index contributed by atoms with van der Waals surface area (Å²) in [5.74, 6) is 1.07. The van der Waals surface area contributed by atoms with Gasteiger partial charge in [-0.1, -0.05) is 6.42 Å². The predicted octanol–water partition coefficient (Wildman–Crippen LogP) is 0.754. The molecule has 0 aromatic rings. The fraction of sp³-hybridized carbons (Fsp3) is 1.00. The van der Waals surface area contributed by atoms with Gasteiger partial charge in [-0.2, -0.15) is 0 Å². The van der Waals surface area contributed by atoms with Gasteiger partial charge in [0.15, 0.2) is 0 Å². The SMILES string of the molecule is CC(O)C(C)NCC1CCCC1CO. The number of aliphatic hydroxyl groups is 2. The molecule has 0 aromatic heterocycles. The lowest BCUT2D eigenvalue weighted by Gasteiger charge is -2.22. The minimum absolute atomic E-state index is 0.148. The van der Waals surface area contributed by atoms with Crippen LogP contribution in [-0.4, -0.2) is 35.5 Å². The molecule has 0 saturated heterocycles. The van der Waals surface area contributed by atoms with Crippen LogP contribution in [-0.2, 0) is 0 Å². The van der Waals surface area contributed by atoms with Gasteiger partial charge in [0, 0.05) is 12.6 Å². The van der Waals surface area contributed by atoms with E-state index < -0.39 is 0 Å². The zero-order valence-corrected chi connectivity index (χ0v) is 9.24. The minimum Gasteiger partial charge on any atom is -0.396 e. The monoisotopic (exact) mass is 201 g/mol. The molecule has 1 saturated carbocycles. The number of hydrogen-bond acceptors (Lipinski definition) is 3. The van der Waals surface area contributed by atoms with E-state index in [2.05, 4.69) is 5.32 Å². The van der Waals surface area contributed by atoms with Crippen molar-refractivity contribution in [2.45, 2.75) is 45.3 Å². The van der Waals surface area contributed by atoms with Gasteiger partial charge < -0.3 is 15.5 Å². The molecule has 84 valence electrons. The van der Waals surface area contributed by atoms with Gasteiger partial charge in [-0.25, -0.2) is 0 Å². The van der Waals surface area contributed by atoms with Crippen LogP contribution in [0.2, 0.25) is 0 Å². The topological polar surface area (TPSA) is 52.5 Å². The summed E-state index contributed by atoms with van der Waals surface area (Å²) in [4.78, 5) is 0. The van der Waals surface area contributed by atoms with E-state index in [1.165, 1.54) is 12.8 Å². The summed E-state index contributed by atoms with van der Waals surface area (Å²) < 4.78 is 0. The summed E-state index contributed by atoms with van der Waals surface area (Å²) in [5.41, 5.74) is 0. The predicted molar refractivity (Wildman–Crippen MR) is 57.1 cm³/mol. The van der Waals surface area contributed by atoms with Crippen LogP contribution in [0.3, 0.4) is 0 Å². The first-order valence-electron chi connectivity index (χ1n) is 5.67. The summed E-state index contributed by atoms with van der Waals surface area (Å²) in [6.07, 6.45) is 3.31. The molecule has 3 nitrogen and oxygen atoms in total. The van der Waals surface area contributed by atoms with E-state index in [1.54, 1.807) is 6.92 Å². The van der Waals surface area contributed by atoms with Crippen LogP contribution in [0.15, 0.2) is 0 Å². The highest BCUT2D eigenvalue weighted by Crippen LogP contribution is 2.30. The van der Waals surface area contributed by atoms with Crippen molar-refractivity contribution in [3.63, 3.8) is 0 Å². The van der Waals surface area contributed by atoms with E-state index in [-0.39, 0.29) is 12.1 Å². The van der Waals surface area contributed by atoms with E-state index >= 15 is 0 Å². The van der Waals surface area contributed by atoms with Gasteiger partial charge in [0.2, 0.25) is 0 Å². The molecule has 14 heavy (non-hydrogen) atoms. The smallest absolute Gasteiger partial charge is 0.0662 e. The van der Waals surface area contributed by atoms with Crippen LogP contribution in [0.25, 0.3) is 0 Å². The molecule has 0 spiro atoms. The quantitative estimate of drug-likeness (QED) is 0.615. The normalized spacial score (nSPS) is 31.7. The highest BCUT2D eigenvalue weighted by Gasteiger charge is 2.26. The Labute approximate surface area is 86.5 Å². The Morgan fingerprint density at radius 3 is 2.50 bits per heavy atom. The van der Waals surface area contributed by atoms with Crippen molar-refractivity contribution in [3.05, 3.63) is 0 Å². The first-order valence-corrected chi connectivity index (χ1v) is 5.67. The van der Waals surface area contributed by atoms with E-state index in [9.17, 15) is 5.11 Å². The van der Waals surface area contributed by atoms with Gasteiger partial charge in [-0.3, -0.25) is 0 Å². The maximum Gasteiger partial charge on any atom is 0.0662 e. The molecule has 1 aliphatic rings. The average molecular weight is 201 g/mol. The molecule has 1 rings (SSSR count). The zero-order valence-electron chi connectivity index (χ0n) is 9.24. The Morgan fingerprint density at radius 2 is 1.93 bits per heavy atom. The highest BCUT2D eigenvalue weighted by molar-refractivity contribution is 4.80. The Hall–Kier alpha value is -0.120. The van der Waals surface area contributed by atoms with Gasteiger partial charge in [-0.15, -0.1) is 0 Å². The van der Waals surface area contributed by atoms with Crippen molar-refractivity contribution < 1.29 is 10.2 Å². The summed E-state index contributed by atoms with van der Waals surface area (Å²) >= 11 is 0. The molecule has 0 aliphatic heterocycles. The van der Waals surface area contributed by atoms with Crippen molar-refractivity contribution in [2.24, 2.45) is 11.8 Å². The maximum atomic E-state index is 9.31. The number of aliphatic hydroxyl groups excluding tert-OH is 2. The van der Waals surface area contributed by atoms with Crippen LogP contribution < -0.4 is 5.32 Å². The molecule has 1 aliphatic carbocycles. The van der Waals surface area contributed by atoms with Crippen molar-refractivity contribution in [1.82, 2.24) is 5.32 Å². The van der Waals surface area contributed by atoms with Gasteiger partial charge in [0.25, 0.3) is 0 Å². The second-order valence-electron chi connectivity index (χ2n) is 4.57. The molecule has 0 radical (unpaired) electrons. The lowest BCUT2D eigenvalue weighted by molar-refractivity contribution is 0.142. The van der Waals surface area contributed by atoms with Crippen LogP contribution >= 0.6 is 0 Å². The third kappa shape index (κ3) is 3.23. The zero-order chi connectivity index (χ0) is 10.6. The van der Waals surface area contributed by atoms with E-state index in [4.69, 9.17) is 5.11 Å². The van der Waals surface area contributed by atoms with E-state index in [1.807, 2.05) is 6.92 Å². The number of nitrogens with one attached hydrogen (secondary N) is 1. The number of rotatable bonds is 5. The van der Waals surface area contributed by atoms with Gasteiger partial charge in [0.05, 0.1) is 6.10 Å². The minimum atomic E-state index is -0.302.